The number of halogens is 1. The summed E-state index contributed by atoms with van der Waals surface area (Å²) in [6.45, 7) is 0. The zero-order valence-electron chi connectivity index (χ0n) is 10.0. The average Bonchev–Trinajstić information content (AvgIpc) is 2.56. The van der Waals surface area contributed by atoms with Crippen molar-refractivity contribution in [2.45, 2.75) is 0 Å². The van der Waals surface area contributed by atoms with Crippen molar-refractivity contribution < 1.29 is 4.79 Å². The fraction of sp³-hybridized carbons (Fsp3) is 0. The van der Waals surface area contributed by atoms with Crippen molar-refractivity contribution in [1.82, 2.24) is 0 Å². The molecule has 2 aromatic carbocycles. The molecule has 94 valence electrons. The van der Waals surface area contributed by atoms with Gasteiger partial charge >= 0.3 is 6.03 Å². The molecule has 19 heavy (non-hydrogen) atoms. The molecule has 0 unspecified atom stereocenters. The van der Waals surface area contributed by atoms with E-state index in [4.69, 9.17) is 17.3 Å². The Kier molecular flexibility index (Phi) is 2.76. The summed E-state index contributed by atoms with van der Waals surface area (Å²) in [5.74, 6) is 0. The number of nitrogens with two attached hydrogens (primary N) is 1. The van der Waals surface area contributed by atoms with E-state index < -0.39 is 6.03 Å². The molecule has 2 amide bonds. The van der Waals surface area contributed by atoms with Crippen molar-refractivity contribution in [2.24, 2.45) is 5.73 Å². The van der Waals surface area contributed by atoms with Crippen LogP contribution in [-0.2, 0) is 0 Å². The van der Waals surface area contributed by atoms with E-state index in [0.717, 1.165) is 16.8 Å². The van der Waals surface area contributed by atoms with Gasteiger partial charge in [-0.05, 0) is 17.7 Å². The first-order chi connectivity index (χ1) is 9.18. The molecule has 0 saturated carbocycles. The fourth-order valence-electron chi connectivity index (χ4n) is 2.26. The predicted octanol–water partition coefficient (Wildman–Crippen LogP) is 4.04. The maximum absolute atomic E-state index is 11.8. The molecule has 1 heterocycles. The molecule has 0 radical (unpaired) electrons. The van der Waals surface area contributed by atoms with Gasteiger partial charge < -0.3 is 5.73 Å². The fourth-order valence-corrected chi connectivity index (χ4v) is 2.53. The number of carbonyl (C=O) groups is 1. The molecule has 2 aromatic rings. The molecular weight excluding hydrogens is 260 g/mol. The molecule has 1 aliphatic heterocycles. The molecule has 3 nitrogen and oxygen atoms in total. The number of hydrogen-bond donors (Lipinski definition) is 1. The van der Waals surface area contributed by atoms with Crippen molar-refractivity contribution in [2.75, 3.05) is 4.90 Å². The monoisotopic (exact) mass is 270 g/mol. The summed E-state index contributed by atoms with van der Waals surface area (Å²) in [6, 6.07) is 12.5. The Morgan fingerprint density at radius 2 is 1.68 bits per heavy atom. The minimum Gasteiger partial charge on any atom is -0.351 e. The summed E-state index contributed by atoms with van der Waals surface area (Å²) in [7, 11) is 0. The van der Waals surface area contributed by atoms with E-state index in [1.807, 2.05) is 48.6 Å². The first-order valence-electron chi connectivity index (χ1n) is 5.83. The van der Waals surface area contributed by atoms with Crippen molar-refractivity contribution >= 4 is 41.2 Å². The van der Waals surface area contributed by atoms with Gasteiger partial charge in [0.2, 0.25) is 0 Å². The lowest BCUT2D eigenvalue weighted by molar-refractivity contribution is 0.256. The Morgan fingerprint density at radius 1 is 1.00 bits per heavy atom. The second-order valence-corrected chi connectivity index (χ2v) is 4.65. The van der Waals surface area contributed by atoms with Gasteiger partial charge in [-0.3, -0.25) is 4.90 Å². The highest BCUT2D eigenvalue weighted by Gasteiger charge is 2.23. The van der Waals surface area contributed by atoms with Crippen molar-refractivity contribution in [3.63, 3.8) is 0 Å². The van der Waals surface area contributed by atoms with Crippen molar-refractivity contribution in [3.8, 4) is 0 Å². The summed E-state index contributed by atoms with van der Waals surface area (Å²) in [6.07, 6.45) is 3.89. The van der Waals surface area contributed by atoms with Crippen LogP contribution in [0, 0.1) is 0 Å². The highest BCUT2D eigenvalue weighted by molar-refractivity contribution is 6.34. The largest absolute Gasteiger partial charge is 0.351 e. The molecule has 0 atom stereocenters. The standard InChI is InChI=1S/C15H11ClN2O/c16-12-6-3-5-11-9-8-10-4-1-2-7-13(10)18(14(11)12)15(17)19/h1-9H,(H2,17,19). The van der Waals surface area contributed by atoms with Gasteiger partial charge in [-0.25, -0.2) is 4.79 Å². The van der Waals surface area contributed by atoms with E-state index in [0.29, 0.717) is 10.7 Å². The summed E-state index contributed by atoms with van der Waals surface area (Å²) in [4.78, 5) is 13.3. The molecule has 0 spiro atoms. The molecule has 0 aromatic heterocycles. The van der Waals surface area contributed by atoms with E-state index in [1.165, 1.54) is 4.90 Å². The second-order valence-electron chi connectivity index (χ2n) is 4.24. The lowest BCUT2D eigenvalue weighted by Crippen LogP contribution is -2.32. The second kappa shape index (κ2) is 4.44. The molecule has 0 aliphatic carbocycles. The van der Waals surface area contributed by atoms with Crippen LogP contribution in [0.15, 0.2) is 42.5 Å². The Morgan fingerprint density at radius 3 is 2.47 bits per heavy atom. The van der Waals surface area contributed by atoms with Crippen LogP contribution in [0.1, 0.15) is 11.1 Å². The van der Waals surface area contributed by atoms with Crippen LogP contribution in [0.5, 0.6) is 0 Å². The Labute approximate surface area is 115 Å². The number of primary amides is 1. The predicted molar refractivity (Wildman–Crippen MR) is 78.5 cm³/mol. The van der Waals surface area contributed by atoms with Gasteiger partial charge in [0.05, 0.1) is 16.4 Å². The number of carbonyl (C=O) groups excluding carboxylic acids is 1. The smallest absolute Gasteiger partial charge is 0.323 e. The van der Waals surface area contributed by atoms with Crippen LogP contribution in [0.3, 0.4) is 0 Å². The molecule has 4 heteroatoms. The van der Waals surface area contributed by atoms with Gasteiger partial charge in [0.25, 0.3) is 0 Å². The number of anilines is 2. The van der Waals surface area contributed by atoms with Crippen LogP contribution >= 0.6 is 11.6 Å². The third-order valence-electron chi connectivity index (χ3n) is 3.08. The van der Waals surface area contributed by atoms with Crippen LogP contribution in [0.2, 0.25) is 5.02 Å². The lowest BCUT2D eigenvalue weighted by Gasteiger charge is -2.23. The maximum Gasteiger partial charge on any atom is 0.323 e. The summed E-state index contributed by atoms with van der Waals surface area (Å²) < 4.78 is 0. The zero-order valence-corrected chi connectivity index (χ0v) is 10.8. The van der Waals surface area contributed by atoms with E-state index in [2.05, 4.69) is 0 Å². The number of para-hydroxylation sites is 2. The number of amides is 2. The van der Waals surface area contributed by atoms with Crippen molar-refractivity contribution in [1.29, 1.82) is 0 Å². The number of fused-ring (bicyclic) bond motifs is 2. The van der Waals surface area contributed by atoms with Gasteiger partial charge in [-0.15, -0.1) is 0 Å². The minimum absolute atomic E-state index is 0.498. The Balaban J connectivity index is 2.35. The topological polar surface area (TPSA) is 46.3 Å². The average molecular weight is 271 g/mol. The third-order valence-corrected chi connectivity index (χ3v) is 3.39. The number of urea groups is 1. The molecule has 0 bridgehead atoms. The number of nitrogens with zero attached hydrogens (tertiary/aromatic N) is 1. The number of rotatable bonds is 0. The molecular formula is C15H11ClN2O. The van der Waals surface area contributed by atoms with Crippen LogP contribution in [-0.4, -0.2) is 6.03 Å². The minimum atomic E-state index is -0.550. The highest BCUT2D eigenvalue weighted by atomic mass is 35.5. The van der Waals surface area contributed by atoms with Gasteiger partial charge in [0.15, 0.2) is 0 Å². The summed E-state index contributed by atoms with van der Waals surface area (Å²) >= 11 is 6.24. The zero-order chi connectivity index (χ0) is 13.4. The molecule has 3 rings (SSSR count). The quantitative estimate of drug-likeness (QED) is 0.771. The van der Waals surface area contributed by atoms with Gasteiger partial charge in [0, 0.05) is 5.56 Å². The van der Waals surface area contributed by atoms with Gasteiger partial charge in [0.1, 0.15) is 0 Å². The summed E-state index contributed by atoms with van der Waals surface area (Å²) in [5.41, 5.74) is 8.68. The summed E-state index contributed by atoms with van der Waals surface area (Å²) in [5, 5.41) is 0.498. The molecule has 2 N–H and O–H groups in total. The Bertz CT molecular complexity index is 694. The van der Waals surface area contributed by atoms with E-state index in [-0.39, 0.29) is 0 Å². The normalized spacial score (nSPS) is 12.6. The van der Waals surface area contributed by atoms with Crippen molar-refractivity contribution in [3.05, 3.63) is 58.6 Å². The van der Waals surface area contributed by atoms with Gasteiger partial charge in [-0.2, -0.15) is 0 Å². The molecule has 1 aliphatic rings. The van der Waals surface area contributed by atoms with Crippen LogP contribution < -0.4 is 10.6 Å². The number of benzene rings is 2. The van der Waals surface area contributed by atoms with Crippen LogP contribution in [0.25, 0.3) is 12.2 Å². The lowest BCUT2D eigenvalue weighted by atomic mass is 10.1. The maximum atomic E-state index is 11.8. The van der Waals surface area contributed by atoms with E-state index in [9.17, 15) is 4.79 Å². The van der Waals surface area contributed by atoms with Crippen LogP contribution in [0.4, 0.5) is 16.2 Å². The molecule has 0 fully saturated rings. The Hall–Kier alpha value is -2.26. The SMILES string of the molecule is NC(=O)N1c2ccccc2C=Cc2cccc(Cl)c21. The van der Waals surface area contributed by atoms with E-state index >= 15 is 0 Å². The first kappa shape index (κ1) is 11.8. The third kappa shape index (κ3) is 1.88. The number of hydrogen-bond acceptors (Lipinski definition) is 1. The molecule has 0 saturated heterocycles. The first-order valence-corrected chi connectivity index (χ1v) is 6.21. The van der Waals surface area contributed by atoms with E-state index in [1.54, 1.807) is 6.07 Å². The highest BCUT2D eigenvalue weighted by Crippen LogP contribution is 2.40. The van der Waals surface area contributed by atoms with Gasteiger partial charge in [-0.1, -0.05) is 54.1 Å².